The quantitative estimate of drug-likeness (QED) is 0.456. The number of amides is 1. The van der Waals surface area contributed by atoms with Crippen LogP contribution in [0.4, 0.5) is 5.69 Å². The van der Waals surface area contributed by atoms with Gasteiger partial charge in [-0.05, 0) is 30.3 Å². The molecule has 0 aromatic heterocycles. The molecule has 162 valence electrons. The van der Waals surface area contributed by atoms with Gasteiger partial charge in [-0.1, -0.05) is 60.1 Å². The minimum Gasteiger partial charge on any atom is -0.325 e. The van der Waals surface area contributed by atoms with Gasteiger partial charge in [-0.3, -0.25) is 14.4 Å². The van der Waals surface area contributed by atoms with Gasteiger partial charge in [0, 0.05) is 21.8 Å². The van der Waals surface area contributed by atoms with Crippen LogP contribution in [0.1, 0.15) is 20.7 Å². The minimum atomic E-state index is -4.31. The summed E-state index contributed by atoms with van der Waals surface area (Å²) < 4.78 is 27.4. The number of carbonyl (C=O) groups excluding carboxylic acids is 3. The Hall–Kier alpha value is -3.33. The van der Waals surface area contributed by atoms with Crippen molar-refractivity contribution in [2.75, 3.05) is 11.9 Å². The summed E-state index contributed by atoms with van der Waals surface area (Å²) in [5.41, 5.74) is 0.448. The average Bonchev–Trinajstić information content (AvgIpc) is 2.78. The number of nitrogens with zero attached hydrogens (tertiary/aromatic N) is 1. The van der Waals surface area contributed by atoms with Crippen LogP contribution >= 0.6 is 11.6 Å². The maximum atomic E-state index is 13.4. The number of hydrogen-bond donors (Lipinski definition) is 1. The van der Waals surface area contributed by atoms with E-state index < -0.39 is 40.1 Å². The first kappa shape index (κ1) is 21.9. The summed E-state index contributed by atoms with van der Waals surface area (Å²) in [6, 6.07) is 18.2. The van der Waals surface area contributed by atoms with Crippen LogP contribution in [0, 0.1) is 0 Å². The van der Waals surface area contributed by atoms with E-state index in [1.165, 1.54) is 42.5 Å². The number of anilines is 1. The van der Waals surface area contributed by atoms with Gasteiger partial charge in [-0.15, -0.1) is 0 Å². The molecule has 1 heterocycles. The van der Waals surface area contributed by atoms with E-state index in [0.717, 1.165) is 0 Å². The Morgan fingerprint density at radius 2 is 1.62 bits per heavy atom. The summed E-state index contributed by atoms with van der Waals surface area (Å²) in [4.78, 5) is 38.9. The lowest BCUT2D eigenvalue weighted by Gasteiger charge is -2.33. The van der Waals surface area contributed by atoms with E-state index in [-0.39, 0.29) is 16.0 Å². The van der Waals surface area contributed by atoms with Crippen molar-refractivity contribution in [3.05, 3.63) is 95.0 Å². The summed E-state index contributed by atoms with van der Waals surface area (Å²) in [7, 11) is -4.31. The highest BCUT2D eigenvalue weighted by Crippen LogP contribution is 2.31. The smallest absolute Gasteiger partial charge is 0.245 e. The normalized spacial score (nSPS) is 17.4. The number of nitrogens with one attached hydrogen (secondary N) is 1. The van der Waals surface area contributed by atoms with E-state index in [9.17, 15) is 22.8 Å². The highest BCUT2D eigenvalue weighted by atomic mass is 35.5. The molecule has 0 bridgehead atoms. The molecule has 0 radical (unpaired) electrons. The first-order valence-corrected chi connectivity index (χ1v) is 11.4. The number of fused-ring (bicyclic) bond motifs is 1. The lowest BCUT2D eigenvalue weighted by Crippen LogP contribution is -2.55. The number of halogens is 1. The molecule has 0 saturated heterocycles. The molecular weight excluding hydrogens is 452 g/mol. The number of Topliss-reactive ketones (excluding diaryl/α,β-unsaturated/α-hetero) is 2. The predicted molar refractivity (Wildman–Crippen MR) is 119 cm³/mol. The van der Waals surface area contributed by atoms with Crippen molar-refractivity contribution >= 4 is 44.8 Å². The van der Waals surface area contributed by atoms with Crippen molar-refractivity contribution in [1.82, 2.24) is 4.31 Å². The number of sulfonamides is 1. The zero-order valence-electron chi connectivity index (χ0n) is 16.6. The van der Waals surface area contributed by atoms with Crippen molar-refractivity contribution in [1.29, 1.82) is 0 Å². The third kappa shape index (κ3) is 4.08. The third-order valence-electron chi connectivity index (χ3n) is 4.99. The largest absolute Gasteiger partial charge is 0.325 e. The summed E-state index contributed by atoms with van der Waals surface area (Å²) in [6.07, 6.45) is 0. The van der Waals surface area contributed by atoms with Crippen LogP contribution in [0.15, 0.2) is 83.8 Å². The van der Waals surface area contributed by atoms with Crippen LogP contribution < -0.4 is 5.32 Å². The van der Waals surface area contributed by atoms with Crippen LogP contribution in [-0.2, 0) is 14.8 Å². The van der Waals surface area contributed by atoms with E-state index >= 15 is 0 Å². The molecule has 3 aromatic carbocycles. The fourth-order valence-corrected chi connectivity index (χ4v) is 5.43. The minimum absolute atomic E-state index is 0.0757. The van der Waals surface area contributed by atoms with Gasteiger partial charge in [0.1, 0.15) is 0 Å². The molecule has 0 aliphatic carbocycles. The number of benzene rings is 3. The molecule has 1 aliphatic rings. The van der Waals surface area contributed by atoms with E-state index in [0.29, 0.717) is 15.0 Å². The number of hydrogen-bond acceptors (Lipinski definition) is 5. The summed E-state index contributed by atoms with van der Waals surface area (Å²) in [5.74, 6) is -2.10. The van der Waals surface area contributed by atoms with Crippen molar-refractivity contribution in [3.63, 3.8) is 0 Å². The first-order valence-electron chi connectivity index (χ1n) is 9.59. The van der Waals surface area contributed by atoms with Crippen molar-refractivity contribution in [2.24, 2.45) is 0 Å². The highest BCUT2D eigenvalue weighted by Gasteiger charge is 2.48. The molecule has 1 aliphatic heterocycles. The zero-order chi connectivity index (χ0) is 22.9. The van der Waals surface area contributed by atoms with E-state index in [4.69, 9.17) is 11.6 Å². The van der Waals surface area contributed by atoms with Gasteiger partial charge in [0.05, 0.1) is 11.4 Å². The predicted octanol–water partition coefficient (Wildman–Crippen LogP) is 3.42. The molecule has 0 spiro atoms. The Morgan fingerprint density at radius 1 is 0.938 bits per heavy atom. The summed E-state index contributed by atoms with van der Waals surface area (Å²) >= 11 is 5.93. The molecule has 4 rings (SSSR count). The molecule has 1 amide bonds. The molecule has 0 fully saturated rings. The fourth-order valence-electron chi connectivity index (χ4n) is 3.53. The van der Waals surface area contributed by atoms with Gasteiger partial charge >= 0.3 is 0 Å². The van der Waals surface area contributed by atoms with Crippen LogP contribution in [0.25, 0.3) is 0 Å². The Balaban J connectivity index is 1.74. The first-order chi connectivity index (χ1) is 15.3. The third-order valence-corrected chi connectivity index (χ3v) is 7.09. The Kier molecular flexibility index (Phi) is 5.92. The van der Waals surface area contributed by atoms with Crippen LogP contribution in [0.5, 0.6) is 0 Å². The molecule has 7 nitrogen and oxygen atoms in total. The SMILES string of the molecule is O=C(CN1C(C(=O)c2ccccc2)C(=O)c2ccccc2S1(=O)=O)Nc1cccc(Cl)c1. The standard InChI is InChI=1S/C23H17ClN2O5S/c24-16-9-6-10-17(13-16)25-20(27)14-26-21(22(28)15-7-2-1-3-8-15)23(29)18-11-4-5-12-19(18)32(26,30)31/h1-13,21H,14H2,(H,25,27). The highest BCUT2D eigenvalue weighted by molar-refractivity contribution is 7.89. The van der Waals surface area contributed by atoms with Crippen LogP contribution in [0.2, 0.25) is 5.02 Å². The molecular formula is C23H17ClN2O5S. The maximum absolute atomic E-state index is 13.4. The lowest BCUT2D eigenvalue weighted by atomic mass is 9.96. The van der Waals surface area contributed by atoms with Crippen LogP contribution in [-0.4, -0.2) is 42.8 Å². The van der Waals surface area contributed by atoms with Crippen LogP contribution in [0.3, 0.4) is 0 Å². The van der Waals surface area contributed by atoms with Gasteiger partial charge in [0.15, 0.2) is 17.6 Å². The molecule has 1 unspecified atom stereocenters. The van der Waals surface area contributed by atoms with E-state index in [2.05, 4.69) is 5.32 Å². The summed E-state index contributed by atoms with van der Waals surface area (Å²) in [6.45, 7) is -0.724. The molecule has 32 heavy (non-hydrogen) atoms. The van der Waals surface area contributed by atoms with Gasteiger partial charge in [0.2, 0.25) is 15.9 Å². The Morgan fingerprint density at radius 3 is 2.34 bits per heavy atom. The molecule has 1 atom stereocenters. The summed E-state index contributed by atoms with van der Waals surface area (Å²) in [5, 5.41) is 2.94. The van der Waals surface area contributed by atoms with Gasteiger partial charge in [-0.2, -0.15) is 4.31 Å². The van der Waals surface area contributed by atoms with Crippen molar-refractivity contribution < 1.29 is 22.8 Å². The monoisotopic (exact) mass is 468 g/mol. The topological polar surface area (TPSA) is 101 Å². The molecule has 3 aromatic rings. The number of ketones is 2. The maximum Gasteiger partial charge on any atom is 0.245 e. The number of rotatable bonds is 5. The van der Waals surface area contributed by atoms with Crippen molar-refractivity contribution in [2.45, 2.75) is 10.9 Å². The fraction of sp³-hybridized carbons (Fsp3) is 0.0870. The molecule has 9 heteroatoms. The Bertz CT molecular complexity index is 1320. The van der Waals surface area contributed by atoms with E-state index in [1.807, 2.05) is 0 Å². The second-order valence-corrected chi connectivity index (χ2v) is 9.40. The molecule has 1 N–H and O–H groups in total. The lowest BCUT2D eigenvalue weighted by molar-refractivity contribution is -0.116. The van der Waals surface area contributed by atoms with Gasteiger partial charge < -0.3 is 5.32 Å². The zero-order valence-corrected chi connectivity index (χ0v) is 18.1. The van der Waals surface area contributed by atoms with Gasteiger partial charge in [0.25, 0.3) is 0 Å². The Labute approximate surface area is 189 Å². The average molecular weight is 469 g/mol. The second kappa shape index (κ2) is 8.66. The van der Waals surface area contributed by atoms with Gasteiger partial charge in [-0.25, -0.2) is 8.42 Å². The second-order valence-electron chi connectivity index (χ2n) is 7.10. The molecule has 0 saturated carbocycles. The number of carbonyl (C=O) groups is 3. The van der Waals surface area contributed by atoms with Crippen molar-refractivity contribution in [3.8, 4) is 0 Å². The van der Waals surface area contributed by atoms with E-state index in [1.54, 1.807) is 36.4 Å².